The molecule has 4 heteroatoms. The number of hydrogen-bond acceptors (Lipinski definition) is 2. The van der Waals surface area contributed by atoms with Gasteiger partial charge < -0.3 is 9.13 Å². The zero-order valence-corrected chi connectivity index (χ0v) is 26.0. The fourth-order valence-electron chi connectivity index (χ4n) is 7.37. The number of benzene rings is 7. The first kappa shape index (κ1) is 26.7. The number of nitrogens with zero attached hydrogens (tertiary/aromatic N) is 4. The summed E-state index contributed by atoms with van der Waals surface area (Å²) in [5.74, 6) is 0.712. The fraction of sp³-hybridized carbons (Fsp3) is 0. The molecule has 3 aromatic heterocycles. The van der Waals surface area contributed by atoms with E-state index in [4.69, 9.17) is 9.97 Å². The number of aromatic nitrogens is 4. The second-order valence-electron chi connectivity index (χ2n) is 12.3. The van der Waals surface area contributed by atoms with E-state index in [2.05, 4.69) is 167 Å². The average Bonchev–Trinajstić information content (AvgIpc) is 3.66. The first-order chi connectivity index (χ1) is 23.8. The molecule has 4 nitrogen and oxygen atoms in total. The Bertz CT molecular complexity index is 2830. The van der Waals surface area contributed by atoms with Gasteiger partial charge in [-0.25, -0.2) is 9.97 Å². The monoisotopic (exact) mass is 612 g/mol. The first-order valence-electron chi connectivity index (χ1n) is 16.3. The number of fused-ring (bicyclic) bond motifs is 7. The second kappa shape index (κ2) is 10.5. The van der Waals surface area contributed by atoms with Gasteiger partial charge in [0.05, 0.1) is 33.3 Å². The summed E-state index contributed by atoms with van der Waals surface area (Å²) in [4.78, 5) is 10.2. The van der Waals surface area contributed by atoms with Crippen molar-refractivity contribution in [3.8, 4) is 34.0 Å². The quantitative estimate of drug-likeness (QED) is 0.198. The molecule has 0 aliphatic carbocycles. The van der Waals surface area contributed by atoms with Crippen molar-refractivity contribution in [2.75, 3.05) is 0 Å². The zero-order valence-electron chi connectivity index (χ0n) is 26.0. The van der Waals surface area contributed by atoms with Crippen molar-refractivity contribution in [1.29, 1.82) is 0 Å². The molecule has 0 saturated carbocycles. The fourth-order valence-corrected chi connectivity index (χ4v) is 7.37. The molecule has 7 aromatic carbocycles. The van der Waals surface area contributed by atoms with Gasteiger partial charge in [-0.3, -0.25) is 0 Å². The molecular weight excluding hydrogens is 585 g/mol. The Balaban J connectivity index is 1.23. The minimum Gasteiger partial charge on any atom is -0.309 e. The van der Waals surface area contributed by atoms with E-state index in [0.717, 1.165) is 44.6 Å². The summed E-state index contributed by atoms with van der Waals surface area (Å²) in [5, 5.41) is 5.95. The molecule has 0 spiro atoms. The van der Waals surface area contributed by atoms with Crippen LogP contribution in [0.3, 0.4) is 0 Å². The highest BCUT2D eigenvalue weighted by molar-refractivity contribution is 6.19. The third-order valence-electron chi connectivity index (χ3n) is 9.49. The minimum absolute atomic E-state index is 0.712. The van der Waals surface area contributed by atoms with Crippen molar-refractivity contribution in [2.45, 2.75) is 0 Å². The van der Waals surface area contributed by atoms with E-state index in [1.807, 2.05) is 12.1 Å². The molecule has 0 saturated heterocycles. The molecule has 0 unspecified atom stereocenters. The Morgan fingerprint density at radius 2 is 0.854 bits per heavy atom. The van der Waals surface area contributed by atoms with E-state index in [0.29, 0.717) is 5.82 Å². The lowest BCUT2D eigenvalue weighted by molar-refractivity contribution is 1.17. The van der Waals surface area contributed by atoms with Crippen molar-refractivity contribution in [1.82, 2.24) is 19.1 Å². The van der Waals surface area contributed by atoms with Crippen LogP contribution in [0.25, 0.3) is 88.5 Å². The maximum Gasteiger partial charge on any atom is 0.160 e. The number of para-hydroxylation sites is 4. The first-order valence-corrected chi connectivity index (χ1v) is 16.3. The van der Waals surface area contributed by atoms with Crippen LogP contribution >= 0.6 is 0 Å². The molecule has 0 amide bonds. The van der Waals surface area contributed by atoms with Gasteiger partial charge in [0.2, 0.25) is 0 Å². The van der Waals surface area contributed by atoms with E-state index >= 15 is 0 Å². The third-order valence-corrected chi connectivity index (χ3v) is 9.49. The molecular formula is C44H28N4. The molecule has 224 valence electrons. The van der Waals surface area contributed by atoms with Gasteiger partial charge in [0.1, 0.15) is 0 Å². The van der Waals surface area contributed by atoms with Crippen LogP contribution in [0.4, 0.5) is 0 Å². The van der Waals surface area contributed by atoms with Gasteiger partial charge in [-0.15, -0.1) is 0 Å². The third kappa shape index (κ3) is 4.03. The lowest BCUT2D eigenvalue weighted by atomic mass is 10.1. The smallest absolute Gasteiger partial charge is 0.160 e. The highest BCUT2D eigenvalue weighted by Gasteiger charge is 2.19. The Morgan fingerprint density at radius 1 is 0.333 bits per heavy atom. The summed E-state index contributed by atoms with van der Waals surface area (Å²) < 4.78 is 4.78. The Morgan fingerprint density at radius 3 is 1.54 bits per heavy atom. The topological polar surface area (TPSA) is 35.6 Å². The highest BCUT2D eigenvalue weighted by atomic mass is 15.0. The molecule has 0 radical (unpaired) electrons. The van der Waals surface area contributed by atoms with Crippen LogP contribution in [0, 0.1) is 0 Å². The molecule has 0 aliphatic rings. The van der Waals surface area contributed by atoms with E-state index < -0.39 is 0 Å². The predicted octanol–water partition coefficient (Wildman–Crippen LogP) is 11.2. The largest absolute Gasteiger partial charge is 0.309 e. The van der Waals surface area contributed by atoms with Gasteiger partial charge >= 0.3 is 0 Å². The van der Waals surface area contributed by atoms with Gasteiger partial charge in [0.15, 0.2) is 5.82 Å². The molecule has 0 aliphatic heterocycles. The lowest BCUT2D eigenvalue weighted by Crippen LogP contribution is -1.98. The summed E-state index contributed by atoms with van der Waals surface area (Å²) in [6, 6.07) is 60.1. The number of hydrogen-bond donors (Lipinski definition) is 0. The highest BCUT2D eigenvalue weighted by Crippen LogP contribution is 2.40. The van der Waals surface area contributed by atoms with Crippen molar-refractivity contribution in [2.24, 2.45) is 0 Å². The van der Waals surface area contributed by atoms with Crippen LogP contribution in [0.5, 0.6) is 0 Å². The van der Waals surface area contributed by atoms with Gasteiger partial charge in [-0.05, 0) is 54.6 Å². The van der Waals surface area contributed by atoms with E-state index in [1.54, 1.807) is 0 Å². The Labute approximate surface area is 276 Å². The molecule has 3 heterocycles. The normalized spacial score (nSPS) is 11.8. The van der Waals surface area contributed by atoms with Crippen LogP contribution in [0.1, 0.15) is 0 Å². The summed E-state index contributed by atoms with van der Waals surface area (Å²) in [5.41, 5.74) is 10.9. The maximum absolute atomic E-state index is 5.17. The molecule has 0 atom stereocenters. The predicted molar refractivity (Wildman–Crippen MR) is 199 cm³/mol. The SMILES string of the molecule is c1ccc(-c2nc(-c3cccc(-n4c5ccccc5c5cc6c(cc54)c4ccccc4n6-c4ccccc4)c3)nc3ccccc23)cc1. The van der Waals surface area contributed by atoms with E-state index in [1.165, 1.54) is 38.1 Å². The van der Waals surface area contributed by atoms with E-state index in [-0.39, 0.29) is 0 Å². The van der Waals surface area contributed by atoms with Crippen molar-refractivity contribution < 1.29 is 0 Å². The summed E-state index contributed by atoms with van der Waals surface area (Å²) >= 11 is 0. The molecule has 0 N–H and O–H groups in total. The average molecular weight is 613 g/mol. The van der Waals surface area contributed by atoms with Gasteiger partial charge in [-0.1, -0.05) is 115 Å². The van der Waals surface area contributed by atoms with Gasteiger partial charge in [0.25, 0.3) is 0 Å². The minimum atomic E-state index is 0.712. The van der Waals surface area contributed by atoms with Crippen molar-refractivity contribution >= 4 is 54.5 Å². The molecule has 10 rings (SSSR count). The van der Waals surface area contributed by atoms with Crippen LogP contribution < -0.4 is 0 Å². The van der Waals surface area contributed by atoms with Gasteiger partial charge in [-0.2, -0.15) is 0 Å². The molecule has 0 fully saturated rings. The van der Waals surface area contributed by atoms with Crippen LogP contribution in [-0.2, 0) is 0 Å². The summed E-state index contributed by atoms with van der Waals surface area (Å²) in [7, 11) is 0. The molecule has 0 bridgehead atoms. The van der Waals surface area contributed by atoms with Crippen LogP contribution in [-0.4, -0.2) is 19.1 Å². The van der Waals surface area contributed by atoms with Gasteiger partial charge in [0, 0.05) is 49.4 Å². The molecule has 10 aromatic rings. The van der Waals surface area contributed by atoms with Crippen LogP contribution in [0.2, 0.25) is 0 Å². The lowest BCUT2D eigenvalue weighted by Gasteiger charge is -2.12. The summed E-state index contributed by atoms with van der Waals surface area (Å²) in [6.07, 6.45) is 0. The standard InChI is InChI=1S/C44H28N4/c1-3-14-29(15-4-1)43-35-22-7-10-23-38(35)45-44(46-43)30-16-13-19-32(26-30)48-40-25-12-9-21-34(40)37-27-41-36(28-42(37)48)33-20-8-11-24-39(33)47(41)31-17-5-2-6-18-31/h1-28H. The Kier molecular flexibility index (Phi) is 5.84. The van der Waals surface area contributed by atoms with Crippen LogP contribution in [0.15, 0.2) is 170 Å². The maximum atomic E-state index is 5.17. The Hall–Kier alpha value is -6.52. The molecule has 48 heavy (non-hydrogen) atoms. The zero-order chi connectivity index (χ0) is 31.6. The summed E-state index contributed by atoms with van der Waals surface area (Å²) in [6.45, 7) is 0. The van der Waals surface area contributed by atoms with E-state index in [9.17, 15) is 0 Å². The van der Waals surface area contributed by atoms with Crippen molar-refractivity contribution in [3.05, 3.63) is 170 Å². The second-order valence-corrected chi connectivity index (χ2v) is 12.3. The van der Waals surface area contributed by atoms with Crippen molar-refractivity contribution in [3.63, 3.8) is 0 Å². The number of rotatable bonds is 4.